The van der Waals surface area contributed by atoms with Gasteiger partial charge in [0.05, 0.1) is 16.9 Å². The number of carbonyl (C=O) groups excluding carboxylic acids is 2. The van der Waals surface area contributed by atoms with Crippen LogP contribution in [0, 0.1) is 0 Å². The first kappa shape index (κ1) is 22.0. The molecule has 168 valence electrons. The number of anilines is 1. The van der Waals surface area contributed by atoms with Crippen molar-refractivity contribution >= 4 is 39.1 Å². The lowest BCUT2D eigenvalue weighted by atomic mass is 10.1. The molecule has 0 saturated carbocycles. The van der Waals surface area contributed by atoms with Crippen LogP contribution in [0.1, 0.15) is 46.0 Å². The second-order valence-corrected chi connectivity index (χ2v) is 8.30. The van der Waals surface area contributed by atoms with Gasteiger partial charge in [0.2, 0.25) is 0 Å². The number of pyridine rings is 1. The van der Waals surface area contributed by atoms with Crippen molar-refractivity contribution in [3.8, 4) is 5.75 Å². The average Bonchev–Trinajstić information content (AvgIpc) is 3.24. The van der Waals surface area contributed by atoms with Gasteiger partial charge in [-0.05, 0) is 43.3 Å². The molecule has 3 N–H and O–H groups in total. The summed E-state index contributed by atoms with van der Waals surface area (Å²) >= 11 is 1.40. The molecule has 3 aromatic rings. The number of nitrogens with zero attached hydrogens (tertiary/aromatic N) is 1. The number of thiophene rings is 1. The van der Waals surface area contributed by atoms with E-state index in [-0.39, 0.29) is 25.2 Å². The van der Waals surface area contributed by atoms with E-state index < -0.39 is 5.97 Å². The Morgan fingerprint density at radius 1 is 1.31 bits per heavy atom. The summed E-state index contributed by atoms with van der Waals surface area (Å²) in [4.78, 5) is 29.0. The lowest BCUT2D eigenvalue weighted by Gasteiger charge is -2.23. The van der Waals surface area contributed by atoms with Crippen LogP contribution in [-0.4, -0.2) is 42.7 Å². The van der Waals surface area contributed by atoms with Gasteiger partial charge in [0.1, 0.15) is 18.2 Å². The maximum absolute atomic E-state index is 12.6. The molecular formula is C23H25N3O5S. The number of amides is 1. The van der Waals surface area contributed by atoms with E-state index in [0.29, 0.717) is 41.3 Å². The zero-order valence-electron chi connectivity index (χ0n) is 17.8. The smallest absolute Gasteiger partial charge is 0.341 e. The Morgan fingerprint density at radius 2 is 2.12 bits per heavy atom. The number of ether oxygens (including phenoxy) is 3. The van der Waals surface area contributed by atoms with Gasteiger partial charge in [0, 0.05) is 42.0 Å². The van der Waals surface area contributed by atoms with Crippen LogP contribution >= 0.6 is 11.3 Å². The van der Waals surface area contributed by atoms with E-state index in [0.717, 1.165) is 23.1 Å². The third-order valence-corrected chi connectivity index (χ3v) is 6.31. The molecule has 0 radical (unpaired) electrons. The molecule has 1 saturated heterocycles. The number of rotatable bonds is 7. The second-order valence-electron chi connectivity index (χ2n) is 7.42. The molecule has 32 heavy (non-hydrogen) atoms. The van der Waals surface area contributed by atoms with Crippen molar-refractivity contribution in [1.29, 1.82) is 0 Å². The predicted molar refractivity (Wildman–Crippen MR) is 122 cm³/mol. The third kappa shape index (κ3) is 4.84. The minimum Gasteiger partial charge on any atom is -0.489 e. The van der Waals surface area contributed by atoms with Crippen molar-refractivity contribution in [1.82, 2.24) is 10.3 Å². The molecular weight excluding hydrogens is 430 g/mol. The lowest BCUT2D eigenvalue weighted by Crippen LogP contribution is -2.38. The van der Waals surface area contributed by atoms with Gasteiger partial charge >= 0.3 is 5.97 Å². The summed E-state index contributed by atoms with van der Waals surface area (Å²) < 4.78 is 17.1. The topological polar surface area (TPSA) is 113 Å². The van der Waals surface area contributed by atoms with Gasteiger partial charge in [-0.15, -0.1) is 11.3 Å². The van der Waals surface area contributed by atoms with E-state index >= 15 is 0 Å². The first-order valence-corrected chi connectivity index (χ1v) is 11.4. The highest BCUT2D eigenvalue weighted by atomic mass is 32.1. The largest absolute Gasteiger partial charge is 0.489 e. The highest BCUT2D eigenvalue weighted by molar-refractivity contribution is 7.17. The van der Waals surface area contributed by atoms with Crippen LogP contribution in [0.15, 0.2) is 35.8 Å². The summed E-state index contributed by atoms with van der Waals surface area (Å²) in [5.74, 6) is 0.341. The average molecular weight is 456 g/mol. The van der Waals surface area contributed by atoms with E-state index in [4.69, 9.17) is 19.9 Å². The van der Waals surface area contributed by atoms with Gasteiger partial charge in [-0.1, -0.05) is 6.07 Å². The first-order valence-electron chi connectivity index (χ1n) is 10.5. The minimum atomic E-state index is -0.428. The molecule has 1 amide bonds. The third-order valence-electron chi connectivity index (χ3n) is 5.24. The van der Waals surface area contributed by atoms with Crippen molar-refractivity contribution < 1.29 is 23.8 Å². The standard InChI is InChI=1S/C23H25N3O5S/c1-2-30-23(28)18-11-25-21(24)19-15(13-32-20(18)19)12-31-17-5-3-4-14(10-17)22(27)26-16-6-8-29-9-7-16/h3-5,10-11,13,16H,2,6-9,12H2,1H3,(H2,24,25)(H,26,27). The van der Waals surface area contributed by atoms with Gasteiger partial charge in [0.25, 0.3) is 5.91 Å². The molecule has 0 spiro atoms. The van der Waals surface area contributed by atoms with Crippen LogP contribution in [0.3, 0.4) is 0 Å². The van der Waals surface area contributed by atoms with Crippen LogP contribution in [0.25, 0.3) is 10.1 Å². The van der Waals surface area contributed by atoms with Crippen LogP contribution in [0.4, 0.5) is 5.82 Å². The molecule has 1 aliphatic rings. The fourth-order valence-corrected chi connectivity index (χ4v) is 4.65. The molecule has 2 aromatic heterocycles. The number of hydrogen-bond donors (Lipinski definition) is 2. The Kier molecular flexibility index (Phi) is 6.87. The van der Waals surface area contributed by atoms with Gasteiger partial charge in [-0.2, -0.15) is 0 Å². The zero-order chi connectivity index (χ0) is 22.5. The van der Waals surface area contributed by atoms with Crippen molar-refractivity contribution in [3.05, 3.63) is 52.5 Å². The maximum Gasteiger partial charge on any atom is 0.341 e. The molecule has 0 aliphatic carbocycles. The van der Waals surface area contributed by atoms with E-state index in [1.165, 1.54) is 17.5 Å². The number of benzene rings is 1. The molecule has 3 heterocycles. The van der Waals surface area contributed by atoms with Crippen LogP contribution < -0.4 is 15.8 Å². The molecule has 1 aromatic carbocycles. The Hall–Kier alpha value is -3.17. The van der Waals surface area contributed by atoms with E-state index in [9.17, 15) is 9.59 Å². The van der Waals surface area contributed by atoms with Crippen molar-refractivity contribution in [2.24, 2.45) is 0 Å². The van der Waals surface area contributed by atoms with Crippen molar-refractivity contribution in [2.45, 2.75) is 32.4 Å². The number of hydrogen-bond acceptors (Lipinski definition) is 8. The fraction of sp³-hybridized carbons (Fsp3) is 0.348. The van der Waals surface area contributed by atoms with E-state index in [2.05, 4.69) is 10.3 Å². The summed E-state index contributed by atoms with van der Waals surface area (Å²) in [7, 11) is 0. The van der Waals surface area contributed by atoms with Gasteiger partial charge in [-0.25, -0.2) is 9.78 Å². The summed E-state index contributed by atoms with van der Waals surface area (Å²) in [5, 5.41) is 5.63. The summed E-state index contributed by atoms with van der Waals surface area (Å²) in [5.41, 5.74) is 7.84. The van der Waals surface area contributed by atoms with E-state index in [1.807, 2.05) is 5.38 Å². The number of carbonyl (C=O) groups is 2. The summed E-state index contributed by atoms with van der Waals surface area (Å²) in [6, 6.07) is 7.19. The first-order chi connectivity index (χ1) is 15.6. The Bertz CT molecular complexity index is 1120. The Labute approximate surface area is 189 Å². The molecule has 8 nitrogen and oxygen atoms in total. The van der Waals surface area contributed by atoms with Crippen LogP contribution in [-0.2, 0) is 16.1 Å². The number of fused-ring (bicyclic) bond motifs is 1. The summed E-state index contributed by atoms with van der Waals surface area (Å²) in [6.07, 6.45) is 3.07. The molecule has 0 bridgehead atoms. The lowest BCUT2D eigenvalue weighted by molar-refractivity contribution is 0.0528. The van der Waals surface area contributed by atoms with Gasteiger partial charge < -0.3 is 25.3 Å². The number of esters is 1. The molecule has 0 unspecified atom stereocenters. The quantitative estimate of drug-likeness (QED) is 0.524. The Morgan fingerprint density at radius 3 is 2.91 bits per heavy atom. The Balaban J connectivity index is 1.48. The molecule has 4 rings (SSSR count). The predicted octanol–water partition coefficient (Wildman–Crippen LogP) is 3.54. The highest BCUT2D eigenvalue weighted by Gasteiger charge is 2.19. The van der Waals surface area contributed by atoms with Crippen molar-refractivity contribution in [2.75, 3.05) is 25.6 Å². The highest BCUT2D eigenvalue weighted by Crippen LogP contribution is 2.33. The van der Waals surface area contributed by atoms with Gasteiger partial charge in [0.15, 0.2) is 0 Å². The maximum atomic E-state index is 12.6. The minimum absolute atomic E-state index is 0.127. The molecule has 9 heteroatoms. The number of nitrogens with one attached hydrogen (secondary N) is 1. The SMILES string of the molecule is CCOC(=O)c1cnc(N)c2c(COc3cccc(C(=O)NC4CCOCC4)c3)csc12. The van der Waals surface area contributed by atoms with Crippen LogP contribution in [0.2, 0.25) is 0 Å². The number of nitrogens with two attached hydrogens (primary N) is 1. The van der Waals surface area contributed by atoms with E-state index in [1.54, 1.807) is 31.2 Å². The second kappa shape index (κ2) is 9.97. The molecule has 1 fully saturated rings. The van der Waals surface area contributed by atoms with Crippen molar-refractivity contribution in [3.63, 3.8) is 0 Å². The number of aromatic nitrogens is 1. The van der Waals surface area contributed by atoms with Gasteiger partial charge in [-0.3, -0.25) is 4.79 Å². The number of nitrogen functional groups attached to an aromatic ring is 1. The summed E-state index contributed by atoms with van der Waals surface area (Å²) in [6.45, 7) is 3.59. The normalized spacial score (nSPS) is 14.3. The van der Waals surface area contributed by atoms with Crippen LogP contribution in [0.5, 0.6) is 5.75 Å². The molecule has 1 aliphatic heterocycles. The zero-order valence-corrected chi connectivity index (χ0v) is 18.6. The monoisotopic (exact) mass is 455 g/mol. The fourth-order valence-electron chi connectivity index (χ4n) is 3.59. The molecule has 0 atom stereocenters.